The quantitative estimate of drug-likeness (QED) is 0.644. The van der Waals surface area contributed by atoms with Gasteiger partial charge in [0.15, 0.2) is 0 Å². The Labute approximate surface area is 127 Å². The molecule has 0 aromatic carbocycles. The predicted octanol–water partition coefficient (Wildman–Crippen LogP) is 3.00. The third-order valence-electron chi connectivity index (χ3n) is 4.46. The van der Waals surface area contributed by atoms with Crippen molar-refractivity contribution in [2.45, 2.75) is 58.8 Å². The van der Waals surface area contributed by atoms with Gasteiger partial charge in [-0.15, -0.1) is 0 Å². The first-order valence-electron chi connectivity index (χ1n) is 8.20. The third-order valence-corrected chi connectivity index (χ3v) is 4.46. The molecule has 0 radical (unpaired) electrons. The molecule has 0 spiro atoms. The van der Waals surface area contributed by atoms with Crippen LogP contribution in [0.4, 0.5) is 4.79 Å². The van der Waals surface area contributed by atoms with Crippen molar-refractivity contribution in [3.8, 4) is 0 Å². The molecule has 0 heterocycles. The summed E-state index contributed by atoms with van der Waals surface area (Å²) in [4.78, 5) is 22.1. The molecule has 1 unspecified atom stereocenters. The first-order valence-corrected chi connectivity index (χ1v) is 8.20. The Morgan fingerprint density at radius 3 is 2.43 bits per heavy atom. The van der Waals surface area contributed by atoms with Crippen LogP contribution >= 0.6 is 0 Å². The van der Waals surface area contributed by atoms with Crippen LogP contribution in [0.5, 0.6) is 0 Å². The van der Waals surface area contributed by atoms with Crippen LogP contribution < -0.4 is 10.6 Å². The summed E-state index contributed by atoms with van der Waals surface area (Å²) in [5, 5.41) is 14.4. The molecule has 1 saturated carbocycles. The molecule has 5 heteroatoms. The molecule has 0 aliphatic heterocycles. The zero-order chi connectivity index (χ0) is 15.7. The lowest BCUT2D eigenvalue weighted by atomic mass is 9.83. The van der Waals surface area contributed by atoms with Crippen molar-refractivity contribution in [1.29, 1.82) is 0 Å². The molecule has 1 atom stereocenters. The molecule has 1 aliphatic carbocycles. The van der Waals surface area contributed by atoms with Crippen molar-refractivity contribution in [1.82, 2.24) is 10.6 Å². The second-order valence-electron chi connectivity index (χ2n) is 6.59. The summed E-state index contributed by atoms with van der Waals surface area (Å²) in [6.45, 7) is 5.69. The highest BCUT2D eigenvalue weighted by atomic mass is 16.4. The first-order chi connectivity index (χ1) is 9.97. The van der Waals surface area contributed by atoms with Crippen LogP contribution in [-0.4, -0.2) is 30.2 Å². The molecule has 2 amide bonds. The highest BCUT2D eigenvalue weighted by molar-refractivity contribution is 5.73. The molecule has 21 heavy (non-hydrogen) atoms. The van der Waals surface area contributed by atoms with Crippen LogP contribution in [0.2, 0.25) is 0 Å². The van der Waals surface area contributed by atoms with E-state index in [1.54, 1.807) is 0 Å². The Hall–Kier alpha value is -1.26. The van der Waals surface area contributed by atoms with Gasteiger partial charge in [-0.05, 0) is 43.4 Å². The van der Waals surface area contributed by atoms with Crippen molar-refractivity contribution in [2.75, 3.05) is 13.1 Å². The second kappa shape index (κ2) is 9.64. The summed E-state index contributed by atoms with van der Waals surface area (Å²) >= 11 is 0. The minimum absolute atomic E-state index is 0.0981. The Morgan fingerprint density at radius 1 is 1.14 bits per heavy atom. The highest BCUT2D eigenvalue weighted by Gasteiger charge is 2.18. The van der Waals surface area contributed by atoms with Crippen molar-refractivity contribution >= 4 is 12.0 Å². The van der Waals surface area contributed by atoms with E-state index in [2.05, 4.69) is 17.6 Å². The number of hydrogen-bond donors (Lipinski definition) is 3. The van der Waals surface area contributed by atoms with Crippen molar-refractivity contribution in [2.24, 2.45) is 17.8 Å². The molecule has 1 aliphatic rings. The second-order valence-corrected chi connectivity index (χ2v) is 6.59. The number of carboxylic acid groups (broad SMARTS) is 1. The van der Waals surface area contributed by atoms with Gasteiger partial charge in [0.05, 0.1) is 0 Å². The van der Waals surface area contributed by atoms with Gasteiger partial charge in [-0.1, -0.05) is 26.7 Å². The fourth-order valence-corrected chi connectivity index (χ4v) is 2.78. The maximum atomic E-state index is 11.7. The van der Waals surface area contributed by atoms with E-state index in [1.165, 1.54) is 25.7 Å². The van der Waals surface area contributed by atoms with Crippen molar-refractivity contribution < 1.29 is 14.7 Å². The van der Waals surface area contributed by atoms with Crippen molar-refractivity contribution in [3.63, 3.8) is 0 Å². The van der Waals surface area contributed by atoms with E-state index in [9.17, 15) is 9.59 Å². The number of amides is 2. The number of hydrogen-bond acceptors (Lipinski definition) is 2. The number of carbonyl (C=O) groups excluding carboxylic acids is 1. The summed E-state index contributed by atoms with van der Waals surface area (Å²) in [6, 6.07) is -0.0981. The molecule has 0 aromatic heterocycles. The molecule has 0 aromatic rings. The van der Waals surface area contributed by atoms with Crippen LogP contribution in [0, 0.1) is 17.8 Å². The molecule has 122 valence electrons. The Kier molecular flexibility index (Phi) is 8.16. The number of aliphatic carboxylic acids is 1. The highest BCUT2D eigenvalue weighted by Crippen LogP contribution is 2.27. The molecule has 1 rings (SSSR count). The van der Waals surface area contributed by atoms with E-state index >= 15 is 0 Å². The van der Waals surface area contributed by atoms with Crippen LogP contribution in [0.3, 0.4) is 0 Å². The normalized spacial score (nSPS) is 23.3. The largest absolute Gasteiger partial charge is 0.481 e. The van der Waals surface area contributed by atoms with E-state index in [1.807, 2.05) is 6.92 Å². The fourth-order valence-electron chi connectivity index (χ4n) is 2.78. The summed E-state index contributed by atoms with van der Waals surface area (Å²) in [6.07, 6.45) is 6.67. The van der Waals surface area contributed by atoms with Crippen LogP contribution in [0.15, 0.2) is 0 Å². The molecule has 3 N–H and O–H groups in total. The Bertz CT molecular complexity index is 325. The smallest absolute Gasteiger partial charge is 0.314 e. The molecular formula is C16H30N2O3. The minimum atomic E-state index is -0.755. The lowest BCUT2D eigenvalue weighted by molar-refractivity contribution is -0.137. The lowest BCUT2D eigenvalue weighted by Crippen LogP contribution is -2.39. The Balaban J connectivity index is 2.02. The summed E-state index contributed by atoms with van der Waals surface area (Å²) in [7, 11) is 0. The molecular weight excluding hydrogens is 268 g/mol. The Morgan fingerprint density at radius 2 is 1.81 bits per heavy atom. The maximum Gasteiger partial charge on any atom is 0.314 e. The zero-order valence-electron chi connectivity index (χ0n) is 13.4. The fraction of sp³-hybridized carbons (Fsp3) is 0.875. The van der Waals surface area contributed by atoms with Gasteiger partial charge in [0, 0.05) is 19.5 Å². The summed E-state index contributed by atoms with van der Waals surface area (Å²) in [5.41, 5.74) is 0. The van der Waals surface area contributed by atoms with Gasteiger partial charge >= 0.3 is 12.0 Å². The first kappa shape index (κ1) is 17.8. The zero-order valence-corrected chi connectivity index (χ0v) is 13.4. The van der Waals surface area contributed by atoms with Gasteiger partial charge in [0.1, 0.15) is 0 Å². The predicted molar refractivity (Wildman–Crippen MR) is 83.2 cm³/mol. The van der Waals surface area contributed by atoms with Gasteiger partial charge in [0.2, 0.25) is 0 Å². The van der Waals surface area contributed by atoms with Crippen LogP contribution in [0.25, 0.3) is 0 Å². The molecule has 0 bridgehead atoms. The average molecular weight is 298 g/mol. The van der Waals surface area contributed by atoms with Crippen molar-refractivity contribution in [3.05, 3.63) is 0 Å². The maximum absolute atomic E-state index is 11.7. The standard InChI is InChI=1S/C16H30N2O3/c1-12-3-6-14(7-4-12)11-18-16(21)17-10-9-13(2)5-8-15(19)20/h12-14H,3-11H2,1-2H3,(H,19,20)(H2,17,18,21). The summed E-state index contributed by atoms with van der Waals surface area (Å²) < 4.78 is 0. The van der Waals surface area contributed by atoms with Crippen LogP contribution in [-0.2, 0) is 4.79 Å². The lowest BCUT2D eigenvalue weighted by Gasteiger charge is -2.26. The van der Waals surface area contributed by atoms with E-state index < -0.39 is 5.97 Å². The molecule has 5 nitrogen and oxygen atoms in total. The number of carbonyl (C=O) groups is 2. The minimum Gasteiger partial charge on any atom is -0.481 e. The van der Waals surface area contributed by atoms with Gasteiger partial charge in [-0.2, -0.15) is 0 Å². The van der Waals surface area contributed by atoms with Gasteiger partial charge < -0.3 is 15.7 Å². The van der Waals surface area contributed by atoms with E-state index in [0.29, 0.717) is 24.8 Å². The number of urea groups is 1. The molecule has 0 saturated heterocycles. The van der Waals surface area contributed by atoms with E-state index in [4.69, 9.17) is 5.11 Å². The van der Waals surface area contributed by atoms with Crippen LogP contribution in [0.1, 0.15) is 58.8 Å². The number of nitrogens with one attached hydrogen (secondary N) is 2. The van der Waals surface area contributed by atoms with E-state index in [0.717, 1.165) is 18.9 Å². The number of rotatable bonds is 8. The number of carboxylic acids is 1. The summed E-state index contributed by atoms with van der Waals surface area (Å²) in [5.74, 6) is 1.03. The molecule has 1 fully saturated rings. The third kappa shape index (κ3) is 8.58. The monoisotopic (exact) mass is 298 g/mol. The van der Waals surface area contributed by atoms with Gasteiger partial charge in [0.25, 0.3) is 0 Å². The van der Waals surface area contributed by atoms with Gasteiger partial charge in [-0.25, -0.2) is 4.79 Å². The van der Waals surface area contributed by atoms with Gasteiger partial charge in [-0.3, -0.25) is 4.79 Å². The topological polar surface area (TPSA) is 78.4 Å². The average Bonchev–Trinajstić information content (AvgIpc) is 2.44. The SMILES string of the molecule is CC(CCNC(=O)NCC1CCC(C)CC1)CCC(=O)O. The van der Waals surface area contributed by atoms with E-state index in [-0.39, 0.29) is 12.5 Å².